The Balaban J connectivity index is 0.00000196. The summed E-state index contributed by atoms with van der Waals surface area (Å²) in [6.45, 7) is 0.662. The number of aromatic amines is 1. The molecule has 1 spiro atoms. The van der Waals surface area contributed by atoms with Gasteiger partial charge in [0.1, 0.15) is 11.4 Å². The Morgan fingerprint density at radius 3 is 2.85 bits per heavy atom. The maximum atomic E-state index is 6.43. The van der Waals surface area contributed by atoms with E-state index >= 15 is 0 Å². The Morgan fingerprint density at radius 2 is 2.12 bits per heavy atom. The first-order valence-electron chi connectivity index (χ1n) is 9.01. The van der Waals surface area contributed by atoms with E-state index in [1.165, 1.54) is 18.4 Å². The van der Waals surface area contributed by atoms with E-state index in [9.17, 15) is 0 Å². The van der Waals surface area contributed by atoms with E-state index in [0.717, 1.165) is 36.7 Å². The molecular weight excluding hydrogens is 441 g/mol. The molecular formula is C19H26IN5O. The SMILES string of the molecule is CN=C(NCc1ccn[nH]1)NC1CC2(CCCC2)Oc2ccccc21.I. The van der Waals surface area contributed by atoms with Crippen LogP contribution in [-0.4, -0.2) is 28.8 Å². The second-order valence-corrected chi connectivity index (χ2v) is 6.94. The first-order valence-corrected chi connectivity index (χ1v) is 9.01. The van der Waals surface area contributed by atoms with Gasteiger partial charge >= 0.3 is 0 Å². The number of rotatable bonds is 3. The van der Waals surface area contributed by atoms with Gasteiger partial charge in [0.25, 0.3) is 0 Å². The van der Waals surface area contributed by atoms with Crippen LogP contribution >= 0.6 is 24.0 Å². The van der Waals surface area contributed by atoms with E-state index in [-0.39, 0.29) is 35.6 Å². The summed E-state index contributed by atoms with van der Waals surface area (Å²) < 4.78 is 6.43. The smallest absolute Gasteiger partial charge is 0.191 e. The molecule has 0 saturated heterocycles. The van der Waals surface area contributed by atoms with Crippen LogP contribution in [0.25, 0.3) is 0 Å². The van der Waals surface area contributed by atoms with Crippen molar-refractivity contribution in [3.63, 3.8) is 0 Å². The first-order chi connectivity index (χ1) is 12.3. The molecule has 3 N–H and O–H groups in total. The largest absolute Gasteiger partial charge is 0.487 e. The lowest BCUT2D eigenvalue weighted by atomic mass is 9.86. The van der Waals surface area contributed by atoms with Crippen LogP contribution in [0.2, 0.25) is 0 Å². The predicted octanol–water partition coefficient (Wildman–Crippen LogP) is 3.53. The average molecular weight is 467 g/mol. The molecule has 0 bridgehead atoms. The summed E-state index contributed by atoms with van der Waals surface area (Å²) in [4.78, 5) is 4.39. The second kappa shape index (κ2) is 8.28. The van der Waals surface area contributed by atoms with E-state index in [1.807, 2.05) is 6.07 Å². The number of hydrogen-bond acceptors (Lipinski definition) is 3. The minimum atomic E-state index is -0.0196. The van der Waals surface area contributed by atoms with E-state index in [2.05, 4.69) is 50.1 Å². The topological polar surface area (TPSA) is 74.3 Å². The third-order valence-corrected chi connectivity index (χ3v) is 5.25. The number of nitrogens with one attached hydrogen (secondary N) is 3. The lowest BCUT2D eigenvalue weighted by Gasteiger charge is -2.40. The monoisotopic (exact) mass is 467 g/mol. The number of guanidine groups is 1. The summed E-state index contributed by atoms with van der Waals surface area (Å²) in [6.07, 6.45) is 7.52. The zero-order chi connectivity index (χ0) is 17.1. The van der Waals surface area contributed by atoms with Gasteiger partial charge in [0.2, 0.25) is 0 Å². The van der Waals surface area contributed by atoms with Crippen molar-refractivity contribution in [2.24, 2.45) is 4.99 Å². The van der Waals surface area contributed by atoms with Gasteiger partial charge in [-0.3, -0.25) is 10.1 Å². The molecule has 1 saturated carbocycles. The number of para-hydroxylation sites is 1. The van der Waals surface area contributed by atoms with Crippen molar-refractivity contribution in [1.82, 2.24) is 20.8 Å². The molecule has 2 aromatic rings. The quantitative estimate of drug-likeness (QED) is 0.367. The molecule has 1 aromatic carbocycles. The van der Waals surface area contributed by atoms with Gasteiger partial charge in [-0.2, -0.15) is 5.10 Å². The number of fused-ring (bicyclic) bond motifs is 1. The van der Waals surface area contributed by atoms with E-state index in [0.29, 0.717) is 6.54 Å². The van der Waals surface area contributed by atoms with Crippen LogP contribution < -0.4 is 15.4 Å². The van der Waals surface area contributed by atoms with Crippen LogP contribution in [0.3, 0.4) is 0 Å². The zero-order valence-corrected chi connectivity index (χ0v) is 17.3. The van der Waals surface area contributed by atoms with Gasteiger partial charge in [-0.05, 0) is 37.8 Å². The van der Waals surface area contributed by atoms with E-state index in [4.69, 9.17) is 4.74 Å². The number of aliphatic imine (C=N–C) groups is 1. The van der Waals surface area contributed by atoms with Crippen LogP contribution in [0.4, 0.5) is 0 Å². The molecule has 2 aliphatic rings. The fourth-order valence-electron chi connectivity index (χ4n) is 3.99. The van der Waals surface area contributed by atoms with Gasteiger partial charge in [0.15, 0.2) is 5.96 Å². The van der Waals surface area contributed by atoms with Crippen molar-refractivity contribution < 1.29 is 4.74 Å². The summed E-state index contributed by atoms with van der Waals surface area (Å²) in [7, 11) is 1.80. The fraction of sp³-hybridized carbons (Fsp3) is 0.474. The minimum absolute atomic E-state index is 0. The molecule has 1 aliphatic heterocycles. The second-order valence-electron chi connectivity index (χ2n) is 6.94. The molecule has 7 heteroatoms. The van der Waals surface area contributed by atoms with E-state index < -0.39 is 0 Å². The van der Waals surface area contributed by atoms with Crippen molar-refractivity contribution in [3.8, 4) is 5.75 Å². The fourth-order valence-corrected chi connectivity index (χ4v) is 3.99. The standard InChI is InChI=1S/C19H25N5O.HI/c1-20-18(21-13-14-8-11-22-24-14)23-16-12-19(9-4-5-10-19)25-17-7-3-2-6-15(16)17;/h2-3,6-8,11,16H,4-5,9-10,12-13H2,1H3,(H,22,24)(H2,20,21,23);1H. The number of nitrogens with zero attached hydrogens (tertiary/aromatic N) is 2. The Hall–Kier alpha value is -1.77. The maximum Gasteiger partial charge on any atom is 0.191 e. The van der Waals surface area contributed by atoms with Crippen molar-refractivity contribution in [2.75, 3.05) is 7.05 Å². The summed E-state index contributed by atoms with van der Waals surface area (Å²) in [5.74, 6) is 1.81. The zero-order valence-electron chi connectivity index (χ0n) is 15.0. The molecule has 6 nitrogen and oxygen atoms in total. The van der Waals surface area contributed by atoms with Gasteiger partial charge in [-0.1, -0.05) is 18.2 Å². The highest BCUT2D eigenvalue weighted by molar-refractivity contribution is 14.0. The van der Waals surface area contributed by atoms with Gasteiger partial charge in [-0.15, -0.1) is 24.0 Å². The third kappa shape index (κ3) is 3.97. The summed E-state index contributed by atoms with van der Waals surface area (Å²) in [6, 6.07) is 10.5. The predicted molar refractivity (Wildman–Crippen MR) is 113 cm³/mol. The third-order valence-electron chi connectivity index (χ3n) is 5.25. The van der Waals surface area contributed by atoms with Gasteiger partial charge in [-0.25, -0.2) is 0 Å². The Kier molecular flexibility index (Phi) is 6.05. The molecule has 1 aliphatic carbocycles. The number of hydrogen-bond donors (Lipinski definition) is 3. The van der Waals surface area contributed by atoms with Crippen LogP contribution in [-0.2, 0) is 6.54 Å². The van der Waals surface area contributed by atoms with Crippen molar-refractivity contribution in [2.45, 2.75) is 50.3 Å². The summed E-state index contributed by atoms with van der Waals surface area (Å²) in [5, 5.41) is 13.9. The maximum absolute atomic E-state index is 6.43. The van der Waals surface area contributed by atoms with Crippen molar-refractivity contribution >= 4 is 29.9 Å². The number of halogens is 1. The number of ether oxygens (including phenoxy) is 1. The van der Waals surface area contributed by atoms with Crippen LogP contribution in [0.1, 0.15) is 49.4 Å². The number of aromatic nitrogens is 2. The Morgan fingerprint density at radius 1 is 1.31 bits per heavy atom. The molecule has 2 heterocycles. The first kappa shape index (κ1) is 19.0. The molecule has 26 heavy (non-hydrogen) atoms. The van der Waals surface area contributed by atoms with E-state index in [1.54, 1.807) is 13.2 Å². The molecule has 1 fully saturated rings. The van der Waals surface area contributed by atoms with Crippen molar-refractivity contribution in [3.05, 3.63) is 47.8 Å². The number of H-pyrrole nitrogens is 1. The van der Waals surface area contributed by atoms with Gasteiger partial charge in [0, 0.05) is 25.2 Å². The molecule has 4 rings (SSSR count). The molecule has 1 atom stereocenters. The lowest BCUT2D eigenvalue weighted by Crippen LogP contribution is -2.46. The van der Waals surface area contributed by atoms with Crippen molar-refractivity contribution in [1.29, 1.82) is 0 Å². The Bertz CT molecular complexity index is 740. The summed E-state index contributed by atoms with van der Waals surface area (Å²) in [5.41, 5.74) is 2.22. The normalized spacial score (nSPS) is 20.8. The van der Waals surface area contributed by atoms with Crippen LogP contribution in [0.5, 0.6) is 5.75 Å². The molecule has 1 unspecified atom stereocenters. The van der Waals surface area contributed by atoms with Crippen LogP contribution in [0, 0.1) is 0 Å². The molecule has 0 amide bonds. The molecule has 140 valence electrons. The minimum Gasteiger partial charge on any atom is -0.487 e. The highest BCUT2D eigenvalue weighted by Gasteiger charge is 2.43. The lowest BCUT2D eigenvalue weighted by molar-refractivity contribution is 0.0396. The number of benzene rings is 1. The van der Waals surface area contributed by atoms with Gasteiger partial charge in [0.05, 0.1) is 18.3 Å². The summed E-state index contributed by atoms with van der Waals surface area (Å²) >= 11 is 0. The highest BCUT2D eigenvalue weighted by Crippen LogP contribution is 2.46. The van der Waals surface area contributed by atoms with Gasteiger partial charge < -0.3 is 15.4 Å². The highest BCUT2D eigenvalue weighted by atomic mass is 127. The molecule has 0 radical (unpaired) electrons. The average Bonchev–Trinajstić information content (AvgIpc) is 3.31. The molecule has 1 aromatic heterocycles. The van der Waals surface area contributed by atoms with Crippen LogP contribution in [0.15, 0.2) is 41.5 Å². The Labute approximate surface area is 171 Å².